The van der Waals surface area contributed by atoms with Crippen molar-refractivity contribution in [3.8, 4) is 0 Å². The van der Waals surface area contributed by atoms with Crippen LogP contribution in [0.15, 0.2) is 48.5 Å². The number of hydrogen-bond acceptors (Lipinski definition) is 1. The number of H-pyrrole nitrogens is 1. The Morgan fingerprint density at radius 3 is 2.83 bits per heavy atom. The number of carbonyl (C=O) groups excluding carboxylic acids is 1. The number of anilines is 1. The number of amides is 1. The third-order valence-corrected chi connectivity index (χ3v) is 5.39. The number of carbonyl (C=O) groups is 1. The first-order valence-electron chi connectivity index (χ1n) is 8.05. The molecule has 0 saturated carbocycles. The van der Waals surface area contributed by atoms with Gasteiger partial charge in [-0.25, -0.2) is 0 Å². The lowest BCUT2D eigenvalue weighted by Crippen LogP contribution is -2.99. The molecule has 3 heterocycles. The van der Waals surface area contributed by atoms with Gasteiger partial charge in [-0.2, -0.15) is 0 Å². The zero-order valence-corrected chi connectivity index (χ0v) is 13.0. The predicted octanol–water partition coefficient (Wildman–Crippen LogP) is 1.51. The molecule has 0 unspecified atom stereocenters. The van der Waals surface area contributed by atoms with Crippen molar-refractivity contribution in [2.45, 2.75) is 12.0 Å². The van der Waals surface area contributed by atoms with Gasteiger partial charge in [0.25, 0.3) is 5.91 Å². The number of aromatic nitrogens is 1. The maximum Gasteiger partial charge on any atom is 0.299 e. The van der Waals surface area contributed by atoms with Gasteiger partial charge in [-0.05, 0) is 23.8 Å². The summed E-state index contributed by atoms with van der Waals surface area (Å²) in [5, 5.41) is 3.45. The number of fused-ring (bicyclic) bond motifs is 6. The Kier molecular flexibility index (Phi) is 2.38. The highest BCUT2D eigenvalue weighted by Gasteiger charge is 2.58. The van der Waals surface area contributed by atoms with E-state index in [2.05, 4.69) is 34.6 Å². The first-order chi connectivity index (χ1) is 11.2. The van der Waals surface area contributed by atoms with Crippen molar-refractivity contribution in [2.24, 2.45) is 0 Å². The van der Waals surface area contributed by atoms with Gasteiger partial charge in [0.1, 0.15) is 0 Å². The molecule has 23 heavy (non-hydrogen) atoms. The Balaban J connectivity index is 1.88. The molecule has 114 valence electrons. The summed E-state index contributed by atoms with van der Waals surface area (Å²) < 4.78 is 0. The van der Waals surface area contributed by atoms with Crippen LogP contribution in [0, 0.1) is 0 Å². The summed E-state index contributed by atoms with van der Waals surface area (Å²) in [6.45, 7) is 0.919. The van der Waals surface area contributed by atoms with Crippen LogP contribution in [0.1, 0.15) is 16.8 Å². The number of benzene rings is 2. The number of rotatable bonds is 0. The summed E-state index contributed by atoms with van der Waals surface area (Å²) in [4.78, 5) is 18.6. The Bertz CT molecular complexity index is 958. The topological polar surface area (TPSA) is 52.7 Å². The maximum atomic E-state index is 13.3. The molecule has 4 nitrogen and oxygen atoms in total. The van der Waals surface area contributed by atoms with Crippen LogP contribution in [0.3, 0.4) is 0 Å². The van der Waals surface area contributed by atoms with Crippen molar-refractivity contribution in [1.82, 2.24) is 4.98 Å². The van der Waals surface area contributed by atoms with Crippen molar-refractivity contribution in [3.05, 3.63) is 65.4 Å². The van der Waals surface area contributed by atoms with Crippen LogP contribution >= 0.6 is 0 Å². The molecule has 1 amide bonds. The van der Waals surface area contributed by atoms with E-state index >= 15 is 0 Å². The zero-order valence-electron chi connectivity index (χ0n) is 13.0. The van der Waals surface area contributed by atoms with Gasteiger partial charge in [0.05, 0.1) is 23.5 Å². The minimum absolute atomic E-state index is 0.145. The predicted molar refractivity (Wildman–Crippen MR) is 89.4 cm³/mol. The van der Waals surface area contributed by atoms with Crippen molar-refractivity contribution in [3.63, 3.8) is 0 Å². The molecule has 0 saturated heterocycles. The van der Waals surface area contributed by atoms with Gasteiger partial charge in [-0.3, -0.25) is 4.79 Å². The van der Waals surface area contributed by atoms with Crippen LogP contribution in [-0.4, -0.2) is 24.5 Å². The molecule has 0 fully saturated rings. The lowest BCUT2D eigenvalue weighted by Gasteiger charge is -2.30. The number of para-hydroxylation sites is 2. The van der Waals surface area contributed by atoms with Crippen molar-refractivity contribution in [2.75, 3.05) is 18.5 Å². The molecule has 1 spiro atoms. The molecule has 2 aliphatic rings. The molecule has 3 N–H and O–H groups in total. The summed E-state index contributed by atoms with van der Waals surface area (Å²) in [6, 6.07) is 16.5. The van der Waals surface area contributed by atoms with E-state index in [9.17, 15) is 4.79 Å². The van der Waals surface area contributed by atoms with Gasteiger partial charge in [-0.1, -0.05) is 30.3 Å². The molecular weight excluding hydrogens is 286 g/mol. The van der Waals surface area contributed by atoms with Crippen LogP contribution in [-0.2, 0) is 16.8 Å². The van der Waals surface area contributed by atoms with Crippen LogP contribution in [0.25, 0.3) is 10.9 Å². The van der Waals surface area contributed by atoms with E-state index < -0.39 is 5.54 Å². The number of quaternary nitrogens is 1. The van der Waals surface area contributed by atoms with Crippen LogP contribution in [0.5, 0.6) is 0 Å². The summed E-state index contributed by atoms with van der Waals surface area (Å²) in [6.07, 6.45) is 0.986. The van der Waals surface area contributed by atoms with E-state index in [1.807, 2.05) is 31.3 Å². The fourth-order valence-electron chi connectivity index (χ4n) is 4.36. The molecule has 1 atom stereocenters. The van der Waals surface area contributed by atoms with Gasteiger partial charge in [-0.15, -0.1) is 0 Å². The third kappa shape index (κ3) is 1.42. The molecule has 3 aromatic rings. The Hall–Kier alpha value is -2.59. The van der Waals surface area contributed by atoms with Crippen molar-refractivity contribution in [1.29, 1.82) is 0 Å². The highest BCUT2D eigenvalue weighted by Crippen LogP contribution is 2.44. The van der Waals surface area contributed by atoms with Gasteiger partial charge in [0, 0.05) is 24.4 Å². The third-order valence-electron chi connectivity index (χ3n) is 5.39. The Morgan fingerprint density at radius 1 is 1.13 bits per heavy atom. The Labute approximate surface area is 134 Å². The van der Waals surface area contributed by atoms with Gasteiger partial charge >= 0.3 is 0 Å². The van der Waals surface area contributed by atoms with E-state index in [1.165, 1.54) is 10.9 Å². The van der Waals surface area contributed by atoms with Crippen molar-refractivity contribution >= 4 is 22.5 Å². The lowest BCUT2D eigenvalue weighted by molar-refractivity contribution is -0.714. The highest BCUT2D eigenvalue weighted by atomic mass is 16.2. The molecule has 0 bridgehead atoms. The minimum atomic E-state index is -0.655. The first kappa shape index (κ1) is 12.9. The fourth-order valence-corrected chi connectivity index (χ4v) is 4.36. The van der Waals surface area contributed by atoms with E-state index in [0.717, 1.165) is 35.4 Å². The summed E-state index contributed by atoms with van der Waals surface area (Å²) in [5.41, 5.74) is 4.93. The molecule has 1 aromatic heterocycles. The quantitative estimate of drug-likeness (QED) is 0.650. The number of aromatic amines is 1. The summed E-state index contributed by atoms with van der Waals surface area (Å²) in [5.74, 6) is 0.145. The monoisotopic (exact) mass is 304 g/mol. The average Bonchev–Trinajstić information content (AvgIpc) is 3.08. The maximum absolute atomic E-state index is 13.3. The van der Waals surface area contributed by atoms with Gasteiger partial charge < -0.3 is 15.2 Å². The standard InChI is InChI=1S/C19H17N3O/c1-22-16-9-5-3-7-14(16)19(18(22)23)17-13(10-11-20-19)12-6-2-4-8-15(12)21-17/h2-9,20-21H,10-11H2,1H3/p+1/t19-/m1/s1. The van der Waals surface area contributed by atoms with Gasteiger partial charge in [0.2, 0.25) is 5.54 Å². The molecule has 5 rings (SSSR count). The minimum Gasteiger partial charge on any atom is -0.352 e. The second kappa shape index (κ2) is 4.24. The molecule has 0 aliphatic carbocycles. The molecule has 0 radical (unpaired) electrons. The molecular formula is C19H18N3O+. The SMILES string of the molecule is CN1C(=O)[C@@]2([NH2+]CCc3c2[nH]c2ccccc32)c2ccccc21. The lowest BCUT2D eigenvalue weighted by atomic mass is 9.82. The number of nitrogens with zero attached hydrogens (tertiary/aromatic N) is 1. The molecule has 2 aliphatic heterocycles. The van der Waals surface area contributed by atoms with E-state index in [0.29, 0.717) is 0 Å². The fraction of sp³-hybridized carbons (Fsp3) is 0.211. The summed E-state index contributed by atoms with van der Waals surface area (Å²) >= 11 is 0. The van der Waals surface area contributed by atoms with Crippen LogP contribution in [0.2, 0.25) is 0 Å². The van der Waals surface area contributed by atoms with E-state index in [1.54, 1.807) is 4.90 Å². The highest BCUT2D eigenvalue weighted by molar-refractivity contribution is 6.09. The smallest absolute Gasteiger partial charge is 0.299 e. The van der Waals surface area contributed by atoms with Gasteiger partial charge in [0.15, 0.2) is 0 Å². The van der Waals surface area contributed by atoms with E-state index in [-0.39, 0.29) is 5.91 Å². The number of nitrogens with two attached hydrogens (primary N) is 1. The zero-order chi connectivity index (χ0) is 15.6. The average molecular weight is 304 g/mol. The number of hydrogen-bond donors (Lipinski definition) is 2. The molecule has 4 heteroatoms. The van der Waals surface area contributed by atoms with E-state index in [4.69, 9.17) is 0 Å². The van der Waals surface area contributed by atoms with Crippen LogP contribution in [0.4, 0.5) is 5.69 Å². The van der Waals surface area contributed by atoms with Crippen LogP contribution < -0.4 is 10.2 Å². The molecule has 2 aromatic carbocycles. The Morgan fingerprint density at radius 2 is 1.91 bits per heavy atom. The second-order valence-electron chi connectivity index (χ2n) is 6.46. The van der Waals surface area contributed by atoms with Crippen molar-refractivity contribution < 1.29 is 10.1 Å². The second-order valence-corrected chi connectivity index (χ2v) is 6.46. The first-order valence-corrected chi connectivity index (χ1v) is 8.05. The number of nitrogens with one attached hydrogen (secondary N) is 1. The number of likely N-dealkylation sites (N-methyl/N-ethyl adjacent to an activating group) is 1. The normalized spacial score (nSPS) is 22.7. The summed E-state index contributed by atoms with van der Waals surface area (Å²) in [7, 11) is 1.88. The largest absolute Gasteiger partial charge is 0.352 e.